The lowest BCUT2D eigenvalue weighted by molar-refractivity contribution is -0.284. The lowest BCUT2D eigenvalue weighted by Crippen LogP contribution is -2.46. The average Bonchev–Trinajstić information content (AvgIpc) is 3.32. The van der Waals surface area contributed by atoms with Gasteiger partial charge in [-0.05, 0) is 98.3 Å². The molecule has 7 nitrogen and oxygen atoms in total. The maximum absolute atomic E-state index is 13.3. The lowest BCUT2D eigenvalue weighted by atomic mass is 9.52. The highest BCUT2D eigenvalue weighted by Crippen LogP contribution is 2.62. The summed E-state index contributed by atoms with van der Waals surface area (Å²) in [7, 11) is -1.50. The highest BCUT2D eigenvalue weighted by atomic mass is 32.2. The van der Waals surface area contributed by atoms with Gasteiger partial charge in [-0.3, -0.25) is 4.21 Å². The minimum absolute atomic E-state index is 0.194. The van der Waals surface area contributed by atoms with Crippen LogP contribution in [0.5, 0.6) is 5.75 Å². The molecule has 1 unspecified atom stereocenters. The molecule has 1 aliphatic heterocycles. The Morgan fingerprint density at radius 3 is 2.59 bits per heavy atom. The molecule has 1 aromatic carbocycles. The Balaban J connectivity index is 1.28. The van der Waals surface area contributed by atoms with E-state index in [0.717, 1.165) is 49.8 Å². The fourth-order valence-electron chi connectivity index (χ4n) is 8.18. The molecule has 2 saturated carbocycles. The zero-order chi connectivity index (χ0) is 31.7. The van der Waals surface area contributed by atoms with Gasteiger partial charge in [0.1, 0.15) is 5.75 Å². The minimum atomic E-state index is -5.60. The topological polar surface area (TPSA) is 88.4 Å². The zero-order valence-electron chi connectivity index (χ0n) is 24.9. The molecule has 3 aliphatic carbocycles. The van der Waals surface area contributed by atoms with Gasteiger partial charge in [0.25, 0.3) is 0 Å². The fraction of sp³-hybridized carbons (Fsp3) is 0.742. The maximum atomic E-state index is 13.3. The molecule has 6 atom stereocenters. The second-order valence-electron chi connectivity index (χ2n) is 12.9. The molecule has 0 aromatic heterocycles. The van der Waals surface area contributed by atoms with E-state index in [1.165, 1.54) is 5.56 Å². The third-order valence-corrected chi connectivity index (χ3v) is 11.9. The van der Waals surface area contributed by atoms with Gasteiger partial charge in [-0.1, -0.05) is 18.1 Å². The molecule has 0 radical (unpaired) electrons. The van der Waals surface area contributed by atoms with Crippen LogP contribution in [0.2, 0.25) is 0 Å². The number of benzene rings is 1. The van der Waals surface area contributed by atoms with Gasteiger partial charge in [-0.2, -0.15) is 22.0 Å². The van der Waals surface area contributed by atoms with Crippen molar-refractivity contribution in [2.75, 3.05) is 37.8 Å². The molecule has 1 amide bonds. The molecule has 3 fully saturated rings. The van der Waals surface area contributed by atoms with Gasteiger partial charge in [0, 0.05) is 47.2 Å². The summed E-state index contributed by atoms with van der Waals surface area (Å²) in [6, 6.07) is 5.86. The van der Waals surface area contributed by atoms with Crippen molar-refractivity contribution in [2.24, 2.45) is 28.3 Å². The summed E-state index contributed by atoms with van der Waals surface area (Å²) < 4.78 is 87.5. The predicted octanol–water partition coefficient (Wildman–Crippen LogP) is 6.94. The van der Waals surface area contributed by atoms with Gasteiger partial charge in [-0.15, -0.1) is 0 Å². The Labute approximate surface area is 257 Å². The highest BCUT2D eigenvalue weighted by molar-refractivity contribution is 7.84. The number of ether oxygens (including phenoxy) is 2. The number of hydrogen-bond acceptors (Lipinski definition) is 6. The van der Waals surface area contributed by atoms with E-state index in [-0.39, 0.29) is 28.8 Å². The molecule has 4 aliphatic rings. The van der Waals surface area contributed by atoms with Crippen molar-refractivity contribution in [3.63, 3.8) is 0 Å². The SMILES string of the molecule is C[C@]12CC[C@@H]3c4ccc(OC(=O)N5CCOCC5)cc4C[C@@H](CCCS(=O)CCCC(F)(F)C(F)(F)F)[C@H]3[C@@H]1CC/C2=N/O. The largest absolute Gasteiger partial charge is 0.453 e. The van der Waals surface area contributed by atoms with Crippen molar-refractivity contribution >= 4 is 22.6 Å². The van der Waals surface area contributed by atoms with Gasteiger partial charge < -0.3 is 19.6 Å². The Hall–Kier alpha value is -2.28. The number of halogens is 5. The molecule has 1 N–H and O–H groups in total. The zero-order valence-corrected chi connectivity index (χ0v) is 25.7. The van der Waals surface area contributed by atoms with E-state index < -0.39 is 41.8 Å². The van der Waals surface area contributed by atoms with E-state index in [1.54, 1.807) is 4.90 Å². The summed E-state index contributed by atoms with van der Waals surface area (Å²) in [6.45, 7) is 4.07. The second-order valence-corrected chi connectivity index (χ2v) is 14.6. The number of oxime groups is 1. The highest BCUT2D eigenvalue weighted by Gasteiger charge is 2.57. The van der Waals surface area contributed by atoms with Gasteiger partial charge in [0.2, 0.25) is 0 Å². The monoisotopic (exact) mass is 648 g/mol. The van der Waals surface area contributed by atoms with Gasteiger partial charge >= 0.3 is 18.2 Å². The summed E-state index contributed by atoms with van der Waals surface area (Å²) >= 11 is 0. The first-order chi connectivity index (χ1) is 20.8. The third kappa shape index (κ3) is 6.78. The van der Waals surface area contributed by atoms with Crippen LogP contribution >= 0.6 is 0 Å². The molecule has 0 spiro atoms. The minimum Gasteiger partial charge on any atom is -0.411 e. The Bertz CT molecular complexity index is 1250. The van der Waals surface area contributed by atoms with Crippen LogP contribution in [0.4, 0.5) is 26.7 Å². The third-order valence-electron chi connectivity index (χ3n) is 10.4. The molecule has 1 aromatic rings. The first-order valence-corrected chi connectivity index (χ1v) is 17.0. The first-order valence-electron chi connectivity index (χ1n) is 15.5. The Kier molecular flexibility index (Phi) is 9.94. The Morgan fingerprint density at radius 2 is 1.89 bits per heavy atom. The van der Waals surface area contributed by atoms with Crippen LogP contribution in [-0.2, 0) is 22.0 Å². The average molecular weight is 649 g/mol. The van der Waals surface area contributed by atoms with Crippen molar-refractivity contribution in [3.8, 4) is 5.75 Å². The van der Waals surface area contributed by atoms with Crippen molar-refractivity contribution in [1.29, 1.82) is 0 Å². The van der Waals surface area contributed by atoms with Crippen LogP contribution in [0.25, 0.3) is 0 Å². The van der Waals surface area contributed by atoms with Gasteiger partial charge in [-0.25, -0.2) is 4.79 Å². The van der Waals surface area contributed by atoms with Crippen molar-refractivity contribution in [3.05, 3.63) is 29.3 Å². The molecule has 1 saturated heterocycles. The van der Waals surface area contributed by atoms with Crippen LogP contribution in [0.3, 0.4) is 0 Å². The number of fused-ring (bicyclic) bond motifs is 5. The van der Waals surface area contributed by atoms with E-state index in [1.807, 2.05) is 12.1 Å². The number of rotatable bonds is 9. The van der Waals surface area contributed by atoms with E-state index in [9.17, 15) is 36.2 Å². The van der Waals surface area contributed by atoms with Gasteiger partial charge in [0.15, 0.2) is 0 Å². The van der Waals surface area contributed by atoms with Crippen molar-refractivity contribution in [2.45, 2.75) is 82.7 Å². The number of morpholine rings is 1. The van der Waals surface area contributed by atoms with Crippen molar-refractivity contribution < 1.29 is 45.6 Å². The molecule has 0 bridgehead atoms. The summed E-state index contributed by atoms with van der Waals surface area (Å²) in [6.07, 6.45) is -2.37. The maximum Gasteiger partial charge on any atom is 0.453 e. The van der Waals surface area contributed by atoms with Gasteiger partial charge in [0.05, 0.1) is 18.9 Å². The molecule has 44 heavy (non-hydrogen) atoms. The lowest BCUT2D eigenvalue weighted by Gasteiger charge is -2.52. The molecule has 246 valence electrons. The number of nitrogens with zero attached hydrogens (tertiary/aromatic N) is 2. The molecule has 1 heterocycles. The smallest absolute Gasteiger partial charge is 0.411 e. The summed E-state index contributed by atoms with van der Waals surface area (Å²) in [5.74, 6) is -3.19. The van der Waals surface area contributed by atoms with E-state index in [4.69, 9.17) is 9.47 Å². The normalized spacial score (nSPS) is 30.4. The molecular weight excluding hydrogens is 607 g/mol. The number of carbonyl (C=O) groups is 1. The number of hydrogen-bond donors (Lipinski definition) is 1. The number of amides is 1. The van der Waals surface area contributed by atoms with Crippen LogP contribution in [-0.4, -0.2) is 76.0 Å². The van der Waals surface area contributed by atoms with Crippen LogP contribution in [0, 0.1) is 23.2 Å². The van der Waals surface area contributed by atoms with E-state index in [0.29, 0.717) is 50.3 Å². The number of alkyl halides is 5. The first kappa shape index (κ1) is 33.1. The number of carbonyl (C=O) groups excluding carboxylic acids is 1. The fourth-order valence-corrected chi connectivity index (χ4v) is 9.34. The van der Waals surface area contributed by atoms with Crippen LogP contribution in [0.15, 0.2) is 23.4 Å². The van der Waals surface area contributed by atoms with Crippen molar-refractivity contribution in [1.82, 2.24) is 4.90 Å². The standard InChI is InChI=1S/C31H41F5N2O5S/c1-29-11-9-24-23-6-5-22(43-28(39)38-12-14-42-15-13-38)19-21(23)18-20(27(24)25(29)7-8-26(29)37-40)4-2-16-44(41)17-3-10-30(32,33)31(34,35)36/h5-6,19-20,24-25,27,40H,2-4,7-18H2,1H3/b37-26-/t20-,24-,25+,27-,29+,44?/m1/s1. The Morgan fingerprint density at radius 1 is 1.16 bits per heavy atom. The van der Waals surface area contributed by atoms with E-state index in [2.05, 4.69) is 18.1 Å². The van der Waals surface area contributed by atoms with E-state index >= 15 is 0 Å². The summed E-state index contributed by atoms with van der Waals surface area (Å²) in [4.78, 5) is 14.3. The molecular formula is C31H41F5N2O5S. The quantitative estimate of drug-likeness (QED) is 0.178. The molecule has 5 rings (SSSR count). The van der Waals surface area contributed by atoms with Crippen LogP contribution < -0.4 is 4.74 Å². The second kappa shape index (κ2) is 13.2. The predicted molar refractivity (Wildman–Crippen MR) is 155 cm³/mol. The summed E-state index contributed by atoms with van der Waals surface area (Å²) in [5, 5.41) is 13.4. The van der Waals surface area contributed by atoms with Crippen LogP contribution in [0.1, 0.15) is 75.3 Å². The molecule has 13 heteroatoms. The summed E-state index contributed by atoms with van der Waals surface area (Å²) in [5.41, 5.74) is 2.98.